The van der Waals surface area contributed by atoms with Gasteiger partial charge in [0.25, 0.3) is 5.91 Å². The van der Waals surface area contributed by atoms with E-state index < -0.39 is 6.16 Å². The van der Waals surface area contributed by atoms with E-state index in [0.29, 0.717) is 16.9 Å². The highest BCUT2D eigenvalue weighted by atomic mass is 16.7. The first-order valence-corrected chi connectivity index (χ1v) is 9.94. The summed E-state index contributed by atoms with van der Waals surface area (Å²) in [6.45, 7) is 1.88. The van der Waals surface area contributed by atoms with Crippen molar-refractivity contribution >= 4 is 35.4 Å². The molecule has 0 aliphatic heterocycles. The molecule has 0 fully saturated rings. The van der Waals surface area contributed by atoms with Crippen LogP contribution in [0.2, 0.25) is 0 Å². The first-order chi connectivity index (χ1) is 15.5. The highest BCUT2D eigenvalue weighted by Crippen LogP contribution is 2.22. The number of carbonyl (C=O) groups is 3. The number of hydrogen-bond acceptors (Lipinski definition) is 5. The van der Waals surface area contributed by atoms with Gasteiger partial charge in [0.2, 0.25) is 5.91 Å². The fourth-order valence-electron chi connectivity index (χ4n) is 2.72. The predicted molar refractivity (Wildman–Crippen MR) is 123 cm³/mol. The number of amides is 2. The topological polar surface area (TPSA) is 93.7 Å². The summed E-state index contributed by atoms with van der Waals surface area (Å²) in [5.74, 6) is -0.442. The van der Waals surface area contributed by atoms with Crippen molar-refractivity contribution in [3.63, 3.8) is 0 Å². The van der Waals surface area contributed by atoms with Gasteiger partial charge in [-0.3, -0.25) is 9.59 Å². The Labute approximate surface area is 185 Å². The summed E-state index contributed by atoms with van der Waals surface area (Å²) in [6.07, 6.45) is 2.32. The van der Waals surface area contributed by atoms with Gasteiger partial charge in [0.15, 0.2) is 0 Å². The van der Waals surface area contributed by atoms with Gasteiger partial charge in [-0.1, -0.05) is 42.5 Å². The van der Waals surface area contributed by atoms with E-state index in [9.17, 15) is 14.4 Å². The molecule has 0 atom stereocenters. The van der Waals surface area contributed by atoms with Crippen LogP contribution in [0.4, 0.5) is 16.2 Å². The van der Waals surface area contributed by atoms with Gasteiger partial charge >= 0.3 is 6.16 Å². The summed E-state index contributed by atoms with van der Waals surface area (Å²) < 4.78 is 9.69. The number of anilines is 2. The molecule has 0 spiro atoms. The molecule has 0 aliphatic carbocycles. The molecule has 7 nitrogen and oxygen atoms in total. The summed E-state index contributed by atoms with van der Waals surface area (Å²) in [4.78, 5) is 36.3. The second-order valence-electron chi connectivity index (χ2n) is 6.54. The predicted octanol–water partition coefficient (Wildman–Crippen LogP) is 5.13. The Morgan fingerprint density at radius 3 is 2.09 bits per heavy atom. The molecule has 3 aromatic rings. The molecule has 0 radical (unpaired) electrons. The lowest BCUT2D eigenvalue weighted by atomic mass is 10.2. The van der Waals surface area contributed by atoms with Crippen LogP contribution in [0.3, 0.4) is 0 Å². The maximum Gasteiger partial charge on any atom is 0.513 e. The van der Waals surface area contributed by atoms with Crippen molar-refractivity contribution in [1.29, 1.82) is 0 Å². The van der Waals surface area contributed by atoms with E-state index >= 15 is 0 Å². The van der Waals surface area contributed by atoms with Crippen molar-refractivity contribution in [2.45, 2.75) is 6.92 Å². The first kappa shape index (κ1) is 22.3. The van der Waals surface area contributed by atoms with E-state index in [1.54, 1.807) is 37.3 Å². The summed E-state index contributed by atoms with van der Waals surface area (Å²) in [5.41, 5.74) is 2.17. The molecule has 0 heterocycles. The molecule has 32 heavy (non-hydrogen) atoms. The number of benzene rings is 3. The maximum absolute atomic E-state index is 12.6. The van der Waals surface area contributed by atoms with Crippen molar-refractivity contribution < 1.29 is 23.9 Å². The Kier molecular flexibility index (Phi) is 7.75. The average Bonchev–Trinajstić information content (AvgIpc) is 2.80. The van der Waals surface area contributed by atoms with Gasteiger partial charge in [0.1, 0.15) is 5.75 Å². The van der Waals surface area contributed by atoms with E-state index in [4.69, 9.17) is 9.47 Å². The molecule has 2 amide bonds. The van der Waals surface area contributed by atoms with Crippen LogP contribution in [-0.2, 0) is 9.53 Å². The average molecular weight is 430 g/mol. The van der Waals surface area contributed by atoms with Gasteiger partial charge in [-0.05, 0) is 55.0 Å². The molecular weight excluding hydrogens is 408 g/mol. The van der Waals surface area contributed by atoms with Crippen LogP contribution < -0.4 is 15.4 Å². The van der Waals surface area contributed by atoms with E-state index in [0.717, 1.165) is 5.56 Å². The van der Waals surface area contributed by atoms with E-state index in [2.05, 4.69) is 10.6 Å². The van der Waals surface area contributed by atoms with Crippen LogP contribution in [0.25, 0.3) is 6.08 Å². The fourth-order valence-corrected chi connectivity index (χ4v) is 2.72. The lowest BCUT2D eigenvalue weighted by molar-refractivity contribution is -0.111. The van der Waals surface area contributed by atoms with Crippen LogP contribution in [0.1, 0.15) is 22.8 Å². The molecule has 7 heteroatoms. The van der Waals surface area contributed by atoms with Gasteiger partial charge in [-0.15, -0.1) is 0 Å². The number of rotatable bonds is 7. The van der Waals surface area contributed by atoms with E-state index in [-0.39, 0.29) is 24.2 Å². The van der Waals surface area contributed by atoms with E-state index in [1.165, 1.54) is 30.3 Å². The lowest BCUT2D eigenvalue weighted by Gasteiger charge is -2.11. The minimum atomic E-state index is -0.810. The number of carbonyl (C=O) groups excluding carboxylic acids is 3. The third kappa shape index (κ3) is 6.56. The largest absolute Gasteiger partial charge is 0.513 e. The van der Waals surface area contributed by atoms with Gasteiger partial charge in [0, 0.05) is 11.6 Å². The van der Waals surface area contributed by atoms with Crippen molar-refractivity contribution in [2.75, 3.05) is 17.2 Å². The number of nitrogens with one attached hydrogen (secondary N) is 2. The van der Waals surface area contributed by atoms with Crippen molar-refractivity contribution in [3.8, 4) is 5.75 Å². The number of para-hydroxylation sites is 2. The van der Waals surface area contributed by atoms with E-state index in [1.807, 2.05) is 30.3 Å². The molecule has 0 aliphatic rings. The fraction of sp³-hybridized carbons (Fsp3) is 0.0800. The number of hydrogen-bond donors (Lipinski definition) is 2. The first-order valence-electron chi connectivity index (χ1n) is 9.94. The molecule has 0 saturated heterocycles. The molecule has 3 rings (SSSR count). The lowest BCUT2D eigenvalue weighted by Crippen LogP contribution is -2.15. The van der Waals surface area contributed by atoms with Gasteiger partial charge in [-0.2, -0.15) is 0 Å². The van der Waals surface area contributed by atoms with Crippen LogP contribution in [0.15, 0.2) is 84.9 Å². The minimum absolute atomic E-state index is 0.206. The molecule has 0 bridgehead atoms. The molecule has 0 saturated carbocycles. The Hall–Kier alpha value is -4.39. The normalized spacial score (nSPS) is 10.4. The van der Waals surface area contributed by atoms with Crippen LogP contribution in [-0.4, -0.2) is 24.6 Å². The molecular formula is C25H22N2O5. The standard InChI is InChI=1S/C25H22N2O5/c1-2-31-25(30)32-20-15-13-19(14-16-20)24(29)27-22-11-7-6-10-21(22)26-23(28)17-12-18-8-4-3-5-9-18/h3-17H,2H2,1H3,(H,26,28)(H,27,29)/b17-12+. The molecule has 2 N–H and O–H groups in total. The Bertz CT molecular complexity index is 1110. The Morgan fingerprint density at radius 1 is 0.812 bits per heavy atom. The van der Waals surface area contributed by atoms with Crippen molar-refractivity contribution in [1.82, 2.24) is 0 Å². The van der Waals surface area contributed by atoms with Crippen LogP contribution >= 0.6 is 0 Å². The van der Waals surface area contributed by atoms with Crippen molar-refractivity contribution in [3.05, 3.63) is 96.1 Å². The van der Waals surface area contributed by atoms with Crippen molar-refractivity contribution in [2.24, 2.45) is 0 Å². The van der Waals surface area contributed by atoms with Gasteiger partial charge in [-0.25, -0.2) is 4.79 Å². The second kappa shape index (κ2) is 11.1. The Balaban J connectivity index is 1.64. The molecule has 3 aromatic carbocycles. The SMILES string of the molecule is CCOC(=O)Oc1ccc(C(=O)Nc2ccccc2NC(=O)/C=C/c2ccccc2)cc1. The summed E-state index contributed by atoms with van der Waals surface area (Å²) in [5, 5.41) is 5.54. The molecule has 0 aromatic heterocycles. The molecule has 0 unspecified atom stereocenters. The zero-order valence-electron chi connectivity index (χ0n) is 17.4. The van der Waals surface area contributed by atoms with Gasteiger partial charge in [0.05, 0.1) is 18.0 Å². The minimum Gasteiger partial charge on any atom is -0.434 e. The number of ether oxygens (including phenoxy) is 2. The summed E-state index contributed by atoms with van der Waals surface area (Å²) in [6, 6.07) is 22.4. The summed E-state index contributed by atoms with van der Waals surface area (Å²) in [7, 11) is 0. The van der Waals surface area contributed by atoms with Crippen LogP contribution in [0.5, 0.6) is 5.75 Å². The molecule has 162 valence electrons. The third-order valence-electron chi connectivity index (χ3n) is 4.24. The van der Waals surface area contributed by atoms with Crippen LogP contribution in [0, 0.1) is 0 Å². The monoisotopic (exact) mass is 430 g/mol. The second-order valence-corrected chi connectivity index (χ2v) is 6.54. The zero-order chi connectivity index (χ0) is 22.8. The smallest absolute Gasteiger partial charge is 0.434 e. The summed E-state index contributed by atoms with van der Waals surface area (Å²) >= 11 is 0. The quantitative estimate of drug-likeness (QED) is 0.308. The highest BCUT2D eigenvalue weighted by Gasteiger charge is 2.11. The zero-order valence-corrected chi connectivity index (χ0v) is 17.4. The van der Waals surface area contributed by atoms with Gasteiger partial charge < -0.3 is 20.1 Å². The third-order valence-corrected chi connectivity index (χ3v) is 4.24. The maximum atomic E-state index is 12.6. The highest BCUT2D eigenvalue weighted by molar-refractivity contribution is 6.09. The Morgan fingerprint density at radius 2 is 1.44 bits per heavy atom.